The minimum atomic E-state index is -0.283. The highest BCUT2D eigenvalue weighted by Gasteiger charge is 2.19. The second-order valence-electron chi connectivity index (χ2n) is 4.69. The van der Waals surface area contributed by atoms with Gasteiger partial charge in [-0.25, -0.2) is 5.43 Å². The summed E-state index contributed by atoms with van der Waals surface area (Å²) in [6.45, 7) is 0. The number of pyridine rings is 1. The molecule has 106 valence electrons. The van der Waals surface area contributed by atoms with Crippen LogP contribution in [0.4, 0.5) is 0 Å². The Kier molecular flexibility index (Phi) is 4.08. The van der Waals surface area contributed by atoms with Gasteiger partial charge >= 0.3 is 0 Å². The van der Waals surface area contributed by atoms with Crippen LogP contribution < -0.4 is 11.3 Å². The van der Waals surface area contributed by atoms with E-state index in [2.05, 4.69) is 10.4 Å². The summed E-state index contributed by atoms with van der Waals surface area (Å²) in [6, 6.07) is 13.2. The lowest BCUT2D eigenvalue weighted by atomic mass is 9.96. The maximum atomic E-state index is 6.32. The van der Waals surface area contributed by atoms with E-state index < -0.39 is 0 Å². The van der Waals surface area contributed by atoms with Crippen molar-refractivity contribution in [2.45, 2.75) is 6.04 Å². The fraction of sp³-hybridized carbons (Fsp3) is 0.0625. The lowest BCUT2D eigenvalue weighted by Crippen LogP contribution is -2.29. The van der Waals surface area contributed by atoms with Gasteiger partial charge in [-0.3, -0.25) is 10.8 Å². The third-order valence-corrected chi connectivity index (χ3v) is 4.30. The summed E-state index contributed by atoms with van der Waals surface area (Å²) in [7, 11) is 0. The molecule has 3 rings (SSSR count). The number of aromatic nitrogens is 1. The normalized spacial score (nSPS) is 12.5. The molecule has 0 aliphatic heterocycles. The van der Waals surface area contributed by atoms with E-state index in [0.717, 1.165) is 21.9 Å². The maximum Gasteiger partial charge on any atom is 0.0746 e. The summed E-state index contributed by atoms with van der Waals surface area (Å²) < 4.78 is 0. The zero-order chi connectivity index (χ0) is 14.8. The lowest BCUT2D eigenvalue weighted by Gasteiger charge is -2.20. The molecular weight excluding hydrogens is 305 g/mol. The fourth-order valence-electron chi connectivity index (χ4n) is 2.46. The molecular formula is C16H13Cl2N3. The average Bonchev–Trinajstić information content (AvgIpc) is 2.52. The van der Waals surface area contributed by atoms with Gasteiger partial charge in [0.25, 0.3) is 0 Å². The van der Waals surface area contributed by atoms with Gasteiger partial charge in [0.1, 0.15) is 0 Å². The third-order valence-electron chi connectivity index (χ3n) is 3.47. The first-order valence-corrected chi connectivity index (χ1v) is 7.20. The third kappa shape index (κ3) is 2.61. The van der Waals surface area contributed by atoms with Crippen LogP contribution >= 0.6 is 23.2 Å². The topological polar surface area (TPSA) is 50.9 Å². The summed E-state index contributed by atoms with van der Waals surface area (Å²) in [5.41, 5.74) is 4.59. The van der Waals surface area contributed by atoms with Gasteiger partial charge in [-0.1, -0.05) is 59.6 Å². The Bertz CT molecular complexity index is 784. The van der Waals surface area contributed by atoms with Gasteiger partial charge in [-0.2, -0.15) is 0 Å². The van der Waals surface area contributed by atoms with Crippen molar-refractivity contribution in [1.82, 2.24) is 10.4 Å². The first-order valence-electron chi connectivity index (χ1n) is 6.45. The summed E-state index contributed by atoms with van der Waals surface area (Å²) in [6.07, 6.45) is 3.62. The Morgan fingerprint density at radius 1 is 0.952 bits per heavy atom. The molecule has 0 bridgehead atoms. The summed E-state index contributed by atoms with van der Waals surface area (Å²) in [5.74, 6) is 5.77. The van der Waals surface area contributed by atoms with Gasteiger partial charge in [-0.15, -0.1) is 0 Å². The largest absolute Gasteiger partial charge is 0.271 e. The molecule has 0 saturated heterocycles. The number of fused-ring (bicyclic) bond motifs is 1. The van der Waals surface area contributed by atoms with Crippen molar-refractivity contribution in [3.05, 3.63) is 76.0 Å². The van der Waals surface area contributed by atoms with Crippen LogP contribution in [0.15, 0.2) is 54.9 Å². The molecule has 1 atom stereocenters. The van der Waals surface area contributed by atoms with Crippen molar-refractivity contribution >= 4 is 34.0 Å². The highest BCUT2D eigenvalue weighted by molar-refractivity contribution is 6.42. The van der Waals surface area contributed by atoms with Crippen LogP contribution in [0.5, 0.6) is 0 Å². The van der Waals surface area contributed by atoms with Gasteiger partial charge in [0, 0.05) is 23.3 Å². The molecule has 0 aliphatic carbocycles. The molecule has 1 heterocycles. The van der Waals surface area contributed by atoms with Crippen molar-refractivity contribution in [2.24, 2.45) is 5.84 Å². The highest BCUT2D eigenvalue weighted by Crippen LogP contribution is 2.34. The molecule has 3 N–H and O–H groups in total. The lowest BCUT2D eigenvalue weighted by molar-refractivity contribution is 0.639. The Balaban J connectivity index is 2.21. The van der Waals surface area contributed by atoms with Crippen LogP contribution in [0.1, 0.15) is 17.2 Å². The zero-order valence-corrected chi connectivity index (χ0v) is 12.6. The number of halogens is 2. The Morgan fingerprint density at radius 2 is 1.76 bits per heavy atom. The van der Waals surface area contributed by atoms with Crippen molar-refractivity contribution in [3.8, 4) is 0 Å². The fourth-order valence-corrected chi connectivity index (χ4v) is 2.88. The van der Waals surface area contributed by atoms with Gasteiger partial charge in [-0.05, 0) is 17.0 Å². The molecule has 5 heteroatoms. The number of nitrogens with two attached hydrogens (primary N) is 1. The van der Waals surface area contributed by atoms with E-state index in [1.54, 1.807) is 12.3 Å². The molecule has 2 aromatic carbocycles. The quantitative estimate of drug-likeness (QED) is 0.565. The number of nitrogens with zero attached hydrogens (tertiary/aromatic N) is 1. The predicted molar refractivity (Wildman–Crippen MR) is 87.4 cm³/mol. The van der Waals surface area contributed by atoms with Gasteiger partial charge < -0.3 is 0 Å². The molecule has 3 aromatic rings. The van der Waals surface area contributed by atoms with Crippen molar-refractivity contribution in [3.63, 3.8) is 0 Å². The second-order valence-corrected chi connectivity index (χ2v) is 5.48. The summed E-state index contributed by atoms with van der Waals surface area (Å²) in [4.78, 5) is 4.29. The number of nitrogens with one attached hydrogen (secondary N) is 1. The molecule has 3 nitrogen and oxygen atoms in total. The Morgan fingerprint density at radius 3 is 2.57 bits per heavy atom. The first-order chi connectivity index (χ1) is 10.2. The minimum Gasteiger partial charge on any atom is -0.271 e. The van der Waals surface area contributed by atoms with Crippen LogP contribution in [0, 0.1) is 0 Å². The predicted octanol–water partition coefficient (Wildman–Crippen LogP) is 4.09. The Labute approximate surface area is 132 Å². The van der Waals surface area contributed by atoms with E-state index in [1.165, 1.54) is 0 Å². The number of hydrogen-bond donors (Lipinski definition) is 2. The number of rotatable bonds is 3. The molecule has 0 saturated carbocycles. The van der Waals surface area contributed by atoms with Crippen molar-refractivity contribution < 1.29 is 0 Å². The highest BCUT2D eigenvalue weighted by atomic mass is 35.5. The molecule has 0 aliphatic rings. The van der Waals surface area contributed by atoms with E-state index in [4.69, 9.17) is 29.0 Å². The standard InChI is InChI=1S/C16H13Cl2N3/c17-14-7-3-6-12(15(14)18)16(21-19)13-9-20-8-10-4-1-2-5-11(10)13/h1-9,16,21H,19H2. The number of benzene rings is 2. The molecule has 1 unspecified atom stereocenters. The van der Waals surface area contributed by atoms with E-state index in [0.29, 0.717) is 10.0 Å². The van der Waals surface area contributed by atoms with E-state index in [-0.39, 0.29) is 6.04 Å². The number of hydrogen-bond acceptors (Lipinski definition) is 3. The van der Waals surface area contributed by atoms with E-state index in [9.17, 15) is 0 Å². The van der Waals surface area contributed by atoms with Crippen LogP contribution in [0.3, 0.4) is 0 Å². The molecule has 1 aromatic heterocycles. The molecule has 0 spiro atoms. The van der Waals surface area contributed by atoms with Gasteiger partial charge in [0.2, 0.25) is 0 Å². The van der Waals surface area contributed by atoms with Crippen LogP contribution in [-0.2, 0) is 0 Å². The second kappa shape index (κ2) is 6.00. The van der Waals surface area contributed by atoms with Crippen LogP contribution in [0.25, 0.3) is 10.8 Å². The average molecular weight is 318 g/mol. The van der Waals surface area contributed by atoms with E-state index in [1.807, 2.05) is 42.6 Å². The first kappa shape index (κ1) is 14.3. The monoisotopic (exact) mass is 317 g/mol. The van der Waals surface area contributed by atoms with Crippen LogP contribution in [-0.4, -0.2) is 4.98 Å². The molecule has 21 heavy (non-hydrogen) atoms. The number of hydrazine groups is 1. The Hall–Kier alpha value is -1.65. The summed E-state index contributed by atoms with van der Waals surface area (Å²) >= 11 is 12.4. The van der Waals surface area contributed by atoms with Crippen molar-refractivity contribution in [2.75, 3.05) is 0 Å². The van der Waals surface area contributed by atoms with Crippen LogP contribution in [0.2, 0.25) is 10.0 Å². The van der Waals surface area contributed by atoms with Crippen molar-refractivity contribution in [1.29, 1.82) is 0 Å². The molecule has 0 fully saturated rings. The minimum absolute atomic E-state index is 0.283. The zero-order valence-electron chi connectivity index (χ0n) is 11.1. The van der Waals surface area contributed by atoms with Gasteiger partial charge in [0.05, 0.1) is 16.1 Å². The smallest absolute Gasteiger partial charge is 0.0746 e. The molecule has 0 radical (unpaired) electrons. The SMILES string of the molecule is NNC(c1cccc(Cl)c1Cl)c1cncc2ccccc12. The van der Waals surface area contributed by atoms with E-state index >= 15 is 0 Å². The van der Waals surface area contributed by atoms with Gasteiger partial charge in [0.15, 0.2) is 0 Å². The molecule has 0 amide bonds. The maximum absolute atomic E-state index is 6.32. The summed E-state index contributed by atoms with van der Waals surface area (Å²) in [5, 5.41) is 3.12.